The first-order valence-corrected chi connectivity index (χ1v) is 8.31. The predicted molar refractivity (Wildman–Crippen MR) is 85.8 cm³/mol. The second kappa shape index (κ2) is 6.71. The van der Waals surface area contributed by atoms with Gasteiger partial charge in [0.1, 0.15) is 0 Å². The Balaban J connectivity index is 1.69. The van der Waals surface area contributed by atoms with Crippen LogP contribution in [0.5, 0.6) is 0 Å². The monoisotopic (exact) mass is 349 g/mol. The normalized spacial score (nSPS) is 16.5. The third kappa shape index (κ3) is 3.52. The minimum atomic E-state index is 0.578. The van der Waals surface area contributed by atoms with Crippen molar-refractivity contribution in [3.63, 3.8) is 0 Å². The van der Waals surface area contributed by atoms with Crippen molar-refractivity contribution in [2.75, 3.05) is 7.05 Å². The molecule has 1 fully saturated rings. The Labute approximate surface area is 133 Å². The fraction of sp³-hybridized carbons (Fsp3) is 0.500. The molecular weight excluding hydrogens is 330 g/mol. The summed E-state index contributed by atoms with van der Waals surface area (Å²) < 4.78 is 6.79. The summed E-state index contributed by atoms with van der Waals surface area (Å²) >= 11 is 3.52. The molecule has 1 aromatic heterocycles. The van der Waals surface area contributed by atoms with Crippen LogP contribution in [0.15, 0.2) is 33.2 Å². The molecule has 112 valence electrons. The standard InChI is InChI=1S/C16H20BrN3O/c1-20(12-7-3-2-4-8-12)11-15-18-19-16(21-15)13-9-5-6-10-14(13)17/h5-6,9-10,12H,2-4,7-8,11H2,1H3. The fourth-order valence-electron chi connectivity index (χ4n) is 2.93. The smallest absolute Gasteiger partial charge is 0.248 e. The molecule has 3 rings (SSSR count). The third-order valence-electron chi connectivity index (χ3n) is 4.15. The molecule has 0 aliphatic heterocycles. The summed E-state index contributed by atoms with van der Waals surface area (Å²) in [5.41, 5.74) is 0.941. The van der Waals surface area contributed by atoms with Crippen molar-refractivity contribution in [1.29, 1.82) is 0 Å². The highest BCUT2D eigenvalue weighted by Crippen LogP contribution is 2.27. The van der Waals surface area contributed by atoms with Gasteiger partial charge in [0.25, 0.3) is 0 Å². The Morgan fingerprint density at radius 1 is 1.19 bits per heavy atom. The van der Waals surface area contributed by atoms with Crippen molar-refractivity contribution in [2.24, 2.45) is 0 Å². The maximum Gasteiger partial charge on any atom is 0.248 e. The summed E-state index contributed by atoms with van der Waals surface area (Å²) in [6.45, 7) is 0.724. The first-order chi connectivity index (χ1) is 10.2. The van der Waals surface area contributed by atoms with Crippen LogP contribution in [0.2, 0.25) is 0 Å². The molecule has 5 heteroatoms. The first kappa shape index (κ1) is 14.7. The van der Waals surface area contributed by atoms with Gasteiger partial charge in [0.05, 0.1) is 12.1 Å². The van der Waals surface area contributed by atoms with Gasteiger partial charge in [-0.25, -0.2) is 0 Å². The van der Waals surface area contributed by atoms with E-state index < -0.39 is 0 Å². The van der Waals surface area contributed by atoms with Crippen LogP contribution in [-0.4, -0.2) is 28.2 Å². The lowest BCUT2D eigenvalue weighted by Gasteiger charge is -2.29. The van der Waals surface area contributed by atoms with Crippen LogP contribution in [0.4, 0.5) is 0 Å². The fourth-order valence-corrected chi connectivity index (χ4v) is 3.38. The summed E-state index contributed by atoms with van der Waals surface area (Å²) in [5, 5.41) is 8.36. The molecule has 0 radical (unpaired) electrons. The lowest BCUT2D eigenvalue weighted by Crippen LogP contribution is -2.32. The van der Waals surface area contributed by atoms with E-state index in [1.54, 1.807) is 0 Å². The van der Waals surface area contributed by atoms with Gasteiger partial charge >= 0.3 is 0 Å². The number of halogens is 1. The Morgan fingerprint density at radius 2 is 1.95 bits per heavy atom. The van der Waals surface area contributed by atoms with Crippen LogP contribution in [-0.2, 0) is 6.54 Å². The predicted octanol–water partition coefficient (Wildman–Crippen LogP) is 4.26. The highest BCUT2D eigenvalue weighted by Gasteiger charge is 2.20. The molecule has 0 bridgehead atoms. The number of hydrogen-bond acceptors (Lipinski definition) is 4. The Morgan fingerprint density at radius 3 is 2.71 bits per heavy atom. The average Bonchev–Trinajstić information content (AvgIpc) is 2.97. The molecule has 4 nitrogen and oxygen atoms in total. The largest absolute Gasteiger partial charge is 0.419 e. The van der Waals surface area contributed by atoms with Gasteiger partial charge in [-0.1, -0.05) is 31.4 Å². The molecule has 21 heavy (non-hydrogen) atoms. The minimum Gasteiger partial charge on any atom is -0.419 e. The second-order valence-corrected chi connectivity index (χ2v) is 6.54. The summed E-state index contributed by atoms with van der Waals surface area (Å²) in [5.74, 6) is 1.27. The molecule has 0 saturated heterocycles. The zero-order chi connectivity index (χ0) is 14.7. The zero-order valence-corrected chi connectivity index (χ0v) is 13.8. The van der Waals surface area contributed by atoms with Crippen molar-refractivity contribution in [2.45, 2.75) is 44.7 Å². The van der Waals surface area contributed by atoms with Gasteiger partial charge in [-0.3, -0.25) is 4.90 Å². The van der Waals surface area contributed by atoms with Gasteiger partial charge < -0.3 is 4.42 Å². The third-order valence-corrected chi connectivity index (χ3v) is 4.85. The van der Waals surface area contributed by atoms with Crippen molar-refractivity contribution >= 4 is 15.9 Å². The second-order valence-electron chi connectivity index (χ2n) is 5.69. The Bertz CT molecular complexity index is 593. The molecule has 1 aliphatic carbocycles. The molecule has 1 saturated carbocycles. The van der Waals surface area contributed by atoms with E-state index in [0.29, 0.717) is 17.8 Å². The number of rotatable bonds is 4. The molecule has 0 atom stereocenters. The molecule has 0 amide bonds. The highest BCUT2D eigenvalue weighted by molar-refractivity contribution is 9.10. The van der Waals surface area contributed by atoms with Crippen LogP contribution >= 0.6 is 15.9 Å². The van der Waals surface area contributed by atoms with Crippen LogP contribution in [0.25, 0.3) is 11.5 Å². The first-order valence-electron chi connectivity index (χ1n) is 7.51. The lowest BCUT2D eigenvalue weighted by atomic mass is 9.94. The van der Waals surface area contributed by atoms with E-state index in [0.717, 1.165) is 16.6 Å². The Hall–Kier alpha value is -1.20. The van der Waals surface area contributed by atoms with Crippen molar-refractivity contribution in [3.05, 3.63) is 34.6 Å². The summed E-state index contributed by atoms with van der Waals surface area (Å²) in [6.07, 6.45) is 6.60. The van der Waals surface area contributed by atoms with Gasteiger partial charge in [-0.2, -0.15) is 0 Å². The van der Waals surface area contributed by atoms with Crippen molar-refractivity contribution in [3.8, 4) is 11.5 Å². The highest BCUT2D eigenvalue weighted by atomic mass is 79.9. The average molecular weight is 350 g/mol. The molecule has 1 aromatic carbocycles. The lowest BCUT2D eigenvalue weighted by molar-refractivity contribution is 0.170. The van der Waals surface area contributed by atoms with Gasteiger partial charge in [0.2, 0.25) is 11.8 Å². The van der Waals surface area contributed by atoms with Gasteiger partial charge in [0, 0.05) is 10.5 Å². The maximum atomic E-state index is 5.82. The zero-order valence-electron chi connectivity index (χ0n) is 12.3. The Kier molecular flexibility index (Phi) is 4.70. The van der Waals surface area contributed by atoms with E-state index >= 15 is 0 Å². The molecule has 0 spiro atoms. The number of benzene rings is 1. The molecule has 1 aliphatic rings. The molecule has 1 heterocycles. The van der Waals surface area contributed by atoms with Crippen LogP contribution < -0.4 is 0 Å². The van der Waals surface area contributed by atoms with Crippen molar-refractivity contribution in [1.82, 2.24) is 15.1 Å². The van der Waals surface area contributed by atoms with E-state index in [4.69, 9.17) is 4.42 Å². The van der Waals surface area contributed by atoms with Crippen LogP contribution in [0.1, 0.15) is 38.0 Å². The van der Waals surface area contributed by atoms with Crippen LogP contribution in [0, 0.1) is 0 Å². The van der Waals surface area contributed by atoms with Crippen LogP contribution in [0.3, 0.4) is 0 Å². The summed E-state index contributed by atoms with van der Waals surface area (Å²) in [4.78, 5) is 2.34. The van der Waals surface area contributed by atoms with E-state index in [2.05, 4.69) is 38.1 Å². The van der Waals surface area contributed by atoms with Gasteiger partial charge in [0.15, 0.2) is 0 Å². The summed E-state index contributed by atoms with van der Waals surface area (Å²) in [7, 11) is 2.15. The SMILES string of the molecule is CN(Cc1nnc(-c2ccccc2Br)o1)C1CCCCC1. The maximum absolute atomic E-state index is 5.82. The molecule has 0 N–H and O–H groups in total. The van der Waals surface area contributed by atoms with Gasteiger partial charge in [-0.15, -0.1) is 10.2 Å². The molecule has 2 aromatic rings. The van der Waals surface area contributed by atoms with E-state index in [1.807, 2.05) is 24.3 Å². The topological polar surface area (TPSA) is 42.2 Å². The van der Waals surface area contributed by atoms with E-state index in [9.17, 15) is 0 Å². The minimum absolute atomic E-state index is 0.578. The van der Waals surface area contributed by atoms with Gasteiger partial charge in [-0.05, 0) is 48.0 Å². The van der Waals surface area contributed by atoms with E-state index in [-0.39, 0.29) is 0 Å². The van der Waals surface area contributed by atoms with E-state index in [1.165, 1.54) is 32.1 Å². The molecular formula is C16H20BrN3O. The molecule has 0 unspecified atom stereocenters. The number of hydrogen-bond donors (Lipinski definition) is 0. The summed E-state index contributed by atoms with van der Waals surface area (Å²) in [6, 6.07) is 8.55. The number of aromatic nitrogens is 2. The van der Waals surface area contributed by atoms with Crippen molar-refractivity contribution < 1.29 is 4.42 Å². The number of nitrogens with zero attached hydrogens (tertiary/aromatic N) is 3. The quantitative estimate of drug-likeness (QED) is 0.826.